The molecule has 10 heteroatoms. The van der Waals surface area contributed by atoms with E-state index in [1.807, 2.05) is 0 Å². The van der Waals surface area contributed by atoms with Crippen LogP contribution in [0, 0.1) is 0 Å². The van der Waals surface area contributed by atoms with Crippen molar-refractivity contribution in [2.75, 3.05) is 18.2 Å². The first kappa shape index (κ1) is 12.8. The van der Waals surface area contributed by atoms with Gasteiger partial charge in [0, 0.05) is 6.42 Å². The quantitative estimate of drug-likeness (QED) is 0.442. The molecule has 3 atom stereocenters. The molecule has 6 N–H and O–H groups in total. The number of aliphatic hydroxyl groups is 2. The van der Waals surface area contributed by atoms with E-state index in [1.165, 1.54) is 10.9 Å². The van der Waals surface area contributed by atoms with Crippen molar-refractivity contribution in [1.82, 2.24) is 19.2 Å². The molecule has 0 aromatic carbocycles. The van der Waals surface area contributed by atoms with Crippen LogP contribution >= 0.6 is 0 Å². The zero-order valence-corrected chi connectivity index (χ0v) is 10.4. The minimum absolute atomic E-state index is 0.0623. The van der Waals surface area contributed by atoms with E-state index in [2.05, 4.69) is 9.97 Å². The summed E-state index contributed by atoms with van der Waals surface area (Å²) in [6.45, 7) is -0.302. The van der Waals surface area contributed by atoms with E-state index in [1.54, 1.807) is 0 Å². The molecule has 2 aromatic rings. The van der Waals surface area contributed by atoms with Crippen LogP contribution in [-0.4, -0.2) is 48.2 Å². The normalized spacial score (nSPS) is 26.4. The third kappa shape index (κ3) is 1.73. The summed E-state index contributed by atoms with van der Waals surface area (Å²) >= 11 is 0. The molecule has 20 heavy (non-hydrogen) atoms. The lowest BCUT2D eigenvalue weighted by atomic mass is 10.2. The highest BCUT2D eigenvalue weighted by Crippen LogP contribution is 2.30. The van der Waals surface area contributed by atoms with E-state index in [4.69, 9.17) is 21.4 Å². The van der Waals surface area contributed by atoms with Crippen molar-refractivity contribution < 1.29 is 14.9 Å². The number of aliphatic hydroxyl groups excluding tert-OH is 2. The van der Waals surface area contributed by atoms with Crippen molar-refractivity contribution in [3.8, 4) is 0 Å². The Bertz CT molecular complexity index is 710. The summed E-state index contributed by atoms with van der Waals surface area (Å²) in [6, 6.07) is 0. The first-order valence-corrected chi connectivity index (χ1v) is 5.97. The highest BCUT2D eigenvalue weighted by Gasteiger charge is 2.35. The second-order valence-corrected chi connectivity index (χ2v) is 4.58. The van der Waals surface area contributed by atoms with Gasteiger partial charge >= 0.3 is 5.56 Å². The topological polar surface area (TPSA) is 154 Å². The minimum atomic E-state index is -0.806. The number of anilines is 1. The standard InChI is InChI=1S/C10H14N6O4/c11-10-14-8(19)7-9(16(10)12)15(3-13-7)6-1-4(18)5(2-17)20-6/h3-6,17-18H,1-2,12H2,(H2,11,14,19)/t4?,5-,6-/m1/s1. The van der Waals surface area contributed by atoms with Crippen molar-refractivity contribution in [3.05, 3.63) is 16.7 Å². The van der Waals surface area contributed by atoms with Crippen molar-refractivity contribution in [2.24, 2.45) is 0 Å². The van der Waals surface area contributed by atoms with Crippen LogP contribution in [-0.2, 0) is 4.74 Å². The van der Waals surface area contributed by atoms with Gasteiger partial charge in [-0.05, 0) is 0 Å². The van der Waals surface area contributed by atoms with Gasteiger partial charge < -0.3 is 26.5 Å². The molecule has 0 spiro atoms. The molecule has 1 fully saturated rings. The molecule has 1 unspecified atom stereocenters. The van der Waals surface area contributed by atoms with Crippen LogP contribution in [0.3, 0.4) is 0 Å². The number of hydrogen-bond acceptors (Lipinski definition) is 8. The number of nitrogens with two attached hydrogens (primary N) is 2. The van der Waals surface area contributed by atoms with Gasteiger partial charge in [0.1, 0.15) is 12.3 Å². The molecular formula is C10H14N6O4. The molecule has 10 nitrogen and oxygen atoms in total. The van der Waals surface area contributed by atoms with Crippen LogP contribution in [0.5, 0.6) is 0 Å². The first-order valence-electron chi connectivity index (χ1n) is 5.97. The summed E-state index contributed by atoms with van der Waals surface area (Å²) in [4.78, 5) is 19.2. The zero-order valence-electron chi connectivity index (χ0n) is 10.4. The summed E-state index contributed by atoms with van der Waals surface area (Å²) < 4.78 is 8.03. The summed E-state index contributed by atoms with van der Waals surface area (Å²) in [6.07, 6.45) is -0.474. The Morgan fingerprint density at radius 2 is 2.30 bits per heavy atom. The van der Waals surface area contributed by atoms with E-state index in [0.717, 1.165) is 4.68 Å². The van der Waals surface area contributed by atoms with Crippen molar-refractivity contribution in [1.29, 1.82) is 0 Å². The molecule has 0 bridgehead atoms. The monoisotopic (exact) mass is 282 g/mol. The van der Waals surface area contributed by atoms with Crippen LogP contribution in [0.4, 0.5) is 5.95 Å². The first-order chi connectivity index (χ1) is 9.52. The van der Waals surface area contributed by atoms with Crippen LogP contribution in [0.15, 0.2) is 11.1 Å². The lowest BCUT2D eigenvalue weighted by Gasteiger charge is -2.15. The third-order valence-electron chi connectivity index (χ3n) is 3.36. The van der Waals surface area contributed by atoms with E-state index in [9.17, 15) is 9.90 Å². The molecule has 0 radical (unpaired) electrons. The lowest BCUT2D eigenvalue weighted by Crippen LogP contribution is -2.25. The average Bonchev–Trinajstić information content (AvgIpc) is 2.99. The smallest absolute Gasteiger partial charge is 0.302 e. The van der Waals surface area contributed by atoms with Gasteiger partial charge in [-0.25, -0.2) is 9.66 Å². The molecule has 3 rings (SSSR count). The number of nitrogens with zero attached hydrogens (tertiary/aromatic N) is 4. The Labute approximate surface area is 112 Å². The SMILES string of the molecule is Nc1nc(=O)c2ncn([C@H]3CC(O)[C@@H](CO)O3)c2n1N. The minimum Gasteiger partial charge on any atom is -0.394 e. The Hall–Kier alpha value is -2.17. The predicted molar refractivity (Wildman–Crippen MR) is 68.0 cm³/mol. The molecular weight excluding hydrogens is 268 g/mol. The number of aromatic nitrogens is 4. The van der Waals surface area contributed by atoms with Gasteiger partial charge in [-0.15, -0.1) is 0 Å². The number of imidazole rings is 1. The van der Waals surface area contributed by atoms with Gasteiger partial charge in [0.15, 0.2) is 11.2 Å². The molecule has 1 saturated heterocycles. The third-order valence-corrected chi connectivity index (χ3v) is 3.36. The van der Waals surface area contributed by atoms with Gasteiger partial charge in [-0.1, -0.05) is 0 Å². The fraction of sp³-hybridized carbons (Fsp3) is 0.500. The van der Waals surface area contributed by atoms with Crippen molar-refractivity contribution >= 4 is 17.1 Å². The maximum absolute atomic E-state index is 11.7. The maximum atomic E-state index is 11.7. The lowest BCUT2D eigenvalue weighted by molar-refractivity contribution is -0.0433. The fourth-order valence-corrected chi connectivity index (χ4v) is 2.32. The second kappa shape index (κ2) is 4.44. The van der Waals surface area contributed by atoms with Crippen LogP contribution in [0.25, 0.3) is 11.2 Å². The van der Waals surface area contributed by atoms with Crippen LogP contribution < -0.4 is 17.1 Å². The van der Waals surface area contributed by atoms with E-state index < -0.39 is 24.0 Å². The summed E-state index contributed by atoms with van der Waals surface area (Å²) in [7, 11) is 0. The molecule has 1 aliphatic heterocycles. The number of ether oxygens (including phenoxy) is 1. The molecule has 1 aliphatic rings. The number of hydrogen-bond donors (Lipinski definition) is 4. The van der Waals surface area contributed by atoms with E-state index in [-0.39, 0.29) is 30.1 Å². The largest absolute Gasteiger partial charge is 0.394 e. The van der Waals surface area contributed by atoms with Gasteiger partial charge in [0.05, 0.1) is 19.0 Å². The second-order valence-electron chi connectivity index (χ2n) is 4.58. The molecule has 3 heterocycles. The van der Waals surface area contributed by atoms with E-state index in [0.29, 0.717) is 0 Å². The number of rotatable bonds is 2. The molecule has 2 aromatic heterocycles. The maximum Gasteiger partial charge on any atom is 0.302 e. The van der Waals surface area contributed by atoms with Gasteiger partial charge in [0.2, 0.25) is 5.95 Å². The van der Waals surface area contributed by atoms with Gasteiger partial charge in [0.25, 0.3) is 0 Å². The average molecular weight is 282 g/mol. The van der Waals surface area contributed by atoms with Gasteiger partial charge in [-0.2, -0.15) is 4.98 Å². The molecule has 0 saturated carbocycles. The van der Waals surface area contributed by atoms with Crippen molar-refractivity contribution in [3.63, 3.8) is 0 Å². The fourth-order valence-electron chi connectivity index (χ4n) is 2.32. The summed E-state index contributed by atoms with van der Waals surface area (Å²) in [5.41, 5.74) is 5.27. The Balaban J connectivity index is 2.12. The van der Waals surface area contributed by atoms with Crippen LogP contribution in [0.2, 0.25) is 0 Å². The molecule has 108 valence electrons. The Morgan fingerprint density at radius 3 is 2.95 bits per heavy atom. The summed E-state index contributed by atoms with van der Waals surface area (Å²) in [5, 5.41) is 18.8. The number of nitrogen functional groups attached to an aromatic ring is 2. The molecule has 0 amide bonds. The predicted octanol–water partition coefficient (Wildman–Crippen LogP) is -2.47. The van der Waals surface area contributed by atoms with Gasteiger partial charge in [-0.3, -0.25) is 9.36 Å². The highest BCUT2D eigenvalue weighted by atomic mass is 16.5. The number of fused-ring (bicyclic) bond motifs is 1. The van der Waals surface area contributed by atoms with Crippen LogP contribution in [0.1, 0.15) is 12.6 Å². The zero-order chi connectivity index (χ0) is 14.4. The Kier molecular flexibility index (Phi) is 2.85. The molecule has 0 aliphatic carbocycles. The Morgan fingerprint density at radius 1 is 1.55 bits per heavy atom. The van der Waals surface area contributed by atoms with E-state index >= 15 is 0 Å². The highest BCUT2D eigenvalue weighted by molar-refractivity contribution is 5.71. The summed E-state index contributed by atoms with van der Waals surface area (Å²) in [5.74, 6) is 5.61. The van der Waals surface area contributed by atoms with Crippen molar-refractivity contribution in [2.45, 2.75) is 24.9 Å².